The summed E-state index contributed by atoms with van der Waals surface area (Å²) in [4.78, 5) is 14.9. The van der Waals surface area contributed by atoms with Crippen LogP contribution in [0.3, 0.4) is 0 Å². The lowest BCUT2D eigenvalue weighted by atomic mass is 10.00. The first-order valence-electron chi connectivity index (χ1n) is 9.82. The van der Waals surface area contributed by atoms with E-state index in [-0.39, 0.29) is 11.2 Å². The molecule has 0 bridgehead atoms. The van der Waals surface area contributed by atoms with E-state index in [4.69, 9.17) is 0 Å². The minimum atomic E-state index is -0.176. The minimum absolute atomic E-state index is 0.165. The van der Waals surface area contributed by atoms with Crippen LogP contribution in [-0.2, 0) is 24.2 Å². The van der Waals surface area contributed by atoms with Gasteiger partial charge in [0.2, 0.25) is 11.0 Å². The number of rotatable bonds is 7. The van der Waals surface area contributed by atoms with Gasteiger partial charge in [0.25, 0.3) is 0 Å². The van der Waals surface area contributed by atoms with E-state index >= 15 is 0 Å². The van der Waals surface area contributed by atoms with Gasteiger partial charge < -0.3 is 10.2 Å². The highest BCUT2D eigenvalue weighted by molar-refractivity contribution is 8.02. The molecule has 1 aliphatic rings. The normalized spacial score (nSPS) is 14.3. The fourth-order valence-corrected chi connectivity index (χ4v) is 5.44. The number of nitrogens with one attached hydrogen (secondary N) is 1. The standard InChI is InChI=1S/C22H24N4OS2/c1-16(20(27)26-14-12-18-9-5-6-10-19(18)15-26)28-22-25-24-21(29-22)23-13-11-17-7-3-2-4-8-17/h2-10,16H,11-15H2,1H3,(H,23,24)/t16-/m0/s1. The van der Waals surface area contributed by atoms with Crippen molar-refractivity contribution in [3.63, 3.8) is 0 Å². The van der Waals surface area contributed by atoms with Gasteiger partial charge in [-0.3, -0.25) is 4.79 Å². The van der Waals surface area contributed by atoms with E-state index < -0.39 is 0 Å². The Morgan fingerprint density at radius 1 is 1.14 bits per heavy atom. The highest BCUT2D eigenvalue weighted by Crippen LogP contribution is 2.30. The van der Waals surface area contributed by atoms with E-state index in [1.54, 1.807) is 0 Å². The third kappa shape index (κ3) is 5.16. The summed E-state index contributed by atoms with van der Waals surface area (Å²) in [5, 5.41) is 12.4. The second-order valence-electron chi connectivity index (χ2n) is 7.07. The summed E-state index contributed by atoms with van der Waals surface area (Å²) in [5.41, 5.74) is 3.90. The zero-order valence-electron chi connectivity index (χ0n) is 16.4. The summed E-state index contributed by atoms with van der Waals surface area (Å²) in [6, 6.07) is 18.7. The molecule has 0 unspecified atom stereocenters. The Balaban J connectivity index is 1.27. The molecule has 0 radical (unpaired) electrons. The number of thioether (sulfide) groups is 1. The molecule has 4 rings (SSSR count). The molecule has 7 heteroatoms. The first-order valence-corrected chi connectivity index (χ1v) is 11.5. The molecule has 0 saturated carbocycles. The van der Waals surface area contributed by atoms with Crippen LogP contribution in [0.25, 0.3) is 0 Å². The molecule has 1 aliphatic heterocycles. The topological polar surface area (TPSA) is 58.1 Å². The van der Waals surface area contributed by atoms with Gasteiger partial charge >= 0.3 is 0 Å². The highest BCUT2D eigenvalue weighted by atomic mass is 32.2. The molecule has 0 fully saturated rings. The number of fused-ring (bicyclic) bond motifs is 1. The van der Waals surface area contributed by atoms with E-state index in [1.807, 2.05) is 36.1 Å². The van der Waals surface area contributed by atoms with Crippen LogP contribution in [0.15, 0.2) is 58.9 Å². The molecule has 2 aromatic carbocycles. The van der Waals surface area contributed by atoms with E-state index in [2.05, 4.69) is 45.8 Å². The van der Waals surface area contributed by atoms with E-state index in [0.717, 1.165) is 35.4 Å². The first-order chi connectivity index (χ1) is 14.2. The Bertz CT molecular complexity index is 960. The Labute approximate surface area is 179 Å². The van der Waals surface area contributed by atoms with Crippen LogP contribution in [0.1, 0.15) is 23.6 Å². The molecule has 5 nitrogen and oxygen atoms in total. The van der Waals surface area contributed by atoms with Crippen molar-refractivity contribution in [1.82, 2.24) is 15.1 Å². The van der Waals surface area contributed by atoms with Crippen molar-refractivity contribution >= 4 is 34.1 Å². The minimum Gasteiger partial charge on any atom is -0.360 e. The van der Waals surface area contributed by atoms with Gasteiger partial charge in [-0.15, -0.1) is 10.2 Å². The fraction of sp³-hybridized carbons (Fsp3) is 0.318. The average Bonchev–Trinajstić information content (AvgIpc) is 3.20. The van der Waals surface area contributed by atoms with Crippen LogP contribution in [0.5, 0.6) is 0 Å². The summed E-state index contributed by atoms with van der Waals surface area (Å²) in [7, 11) is 0. The molecule has 29 heavy (non-hydrogen) atoms. The van der Waals surface area contributed by atoms with Crippen LogP contribution in [-0.4, -0.2) is 39.3 Å². The monoisotopic (exact) mass is 424 g/mol. The van der Waals surface area contributed by atoms with Gasteiger partial charge in [0.05, 0.1) is 5.25 Å². The number of nitrogens with zero attached hydrogens (tertiary/aromatic N) is 3. The summed E-state index contributed by atoms with van der Waals surface area (Å²) in [6.45, 7) is 4.24. The van der Waals surface area contributed by atoms with Gasteiger partial charge in [-0.25, -0.2) is 0 Å². The largest absolute Gasteiger partial charge is 0.360 e. The highest BCUT2D eigenvalue weighted by Gasteiger charge is 2.26. The number of aromatic nitrogens is 2. The third-order valence-electron chi connectivity index (χ3n) is 5.01. The number of anilines is 1. The van der Waals surface area contributed by atoms with Crippen LogP contribution < -0.4 is 5.32 Å². The fourth-order valence-electron chi connectivity index (χ4n) is 3.43. The molecule has 1 atom stereocenters. The maximum Gasteiger partial charge on any atom is 0.236 e. The van der Waals surface area contributed by atoms with Crippen molar-refractivity contribution < 1.29 is 4.79 Å². The van der Waals surface area contributed by atoms with Gasteiger partial charge in [-0.1, -0.05) is 77.7 Å². The SMILES string of the molecule is C[C@H](Sc1nnc(NCCc2ccccc2)s1)C(=O)N1CCc2ccccc2C1. The Hall–Kier alpha value is -2.38. The predicted molar refractivity (Wildman–Crippen MR) is 119 cm³/mol. The number of carbonyl (C=O) groups is 1. The van der Waals surface area contributed by atoms with Crippen molar-refractivity contribution in [2.75, 3.05) is 18.4 Å². The molecule has 0 spiro atoms. The molecule has 150 valence electrons. The molecule has 1 amide bonds. The quantitative estimate of drug-likeness (QED) is 0.575. The number of hydrogen-bond acceptors (Lipinski definition) is 6. The number of benzene rings is 2. The Morgan fingerprint density at radius 2 is 1.90 bits per heavy atom. The van der Waals surface area contributed by atoms with E-state index in [1.165, 1.54) is 39.8 Å². The zero-order chi connectivity index (χ0) is 20.1. The van der Waals surface area contributed by atoms with Crippen LogP contribution in [0.2, 0.25) is 0 Å². The lowest BCUT2D eigenvalue weighted by Gasteiger charge is -2.30. The first kappa shape index (κ1) is 19.9. The molecule has 0 aliphatic carbocycles. The second kappa shape index (κ2) is 9.41. The smallest absolute Gasteiger partial charge is 0.236 e. The molecule has 1 N–H and O–H groups in total. The summed E-state index contributed by atoms with van der Waals surface area (Å²) >= 11 is 3.00. The maximum atomic E-state index is 12.9. The molecule has 0 saturated heterocycles. The zero-order valence-corrected chi connectivity index (χ0v) is 18.0. The number of carbonyl (C=O) groups excluding carboxylic acids is 1. The molecule has 2 heterocycles. The van der Waals surface area contributed by atoms with Gasteiger partial charge in [-0.05, 0) is 36.5 Å². The summed E-state index contributed by atoms with van der Waals surface area (Å²) < 4.78 is 0.825. The van der Waals surface area contributed by atoms with Gasteiger partial charge in [0.15, 0.2) is 4.34 Å². The predicted octanol–water partition coefficient (Wildman–Crippen LogP) is 4.26. The average molecular weight is 425 g/mol. The lowest BCUT2D eigenvalue weighted by molar-refractivity contribution is -0.131. The second-order valence-corrected chi connectivity index (χ2v) is 9.64. The maximum absolute atomic E-state index is 12.9. The van der Waals surface area contributed by atoms with Crippen molar-refractivity contribution in [3.8, 4) is 0 Å². The number of amides is 1. The van der Waals surface area contributed by atoms with Crippen molar-refractivity contribution in [2.45, 2.75) is 35.9 Å². The molecular weight excluding hydrogens is 400 g/mol. The van der Waals surface area contributed by atoms with E-state index in [9.17, 15) is 4.79 Å². The summed E-state index contributed by atoms with van der Waals surface area (Å²) in [5.74, 6) is 0.165. The van der Waals surface area contributed by atoms with Crippen LogP contribution in [0.4, 0.5) is 5.13 Å². The van der Waals surface area contributed by atoms with Crippen molar-refractivity contribution in [3.05, 3.63) is 71.3 Å². The molecule has 3 aromatic rings. The van der Waals surface area contributed by atoms with Crippen LogP contribution >= 0.6 is 23.1 Å². The molecule has 1 aromatic heterocycles. The Kier molecular flexibility index (Phi) is 6.46. The van der Waals surface area contributed by atoms with Crippen molar-refractivity contribution in [1.29, 1.82) is 0 Å². The summed E-state index contributed by atoms with van der Waals surface area (Å²) in [6.07, 6.45) is 1.86. The number of hydrogen-bond donors (Lipinski definition) is 1. The Morgan fingerprint density at radius 3 is 2.72 bits per heavy atom. The van der Waals surface area contributed by atoms with Crippen LogP contribution in [0, 0.1) is 0 Å². The van der Waals surface area contributed by atoms with Gasteiger partial charge in [0, 0.05) is 19.6 Å². The van der Waals surface area contributed by atoms with Crippen molar-refractivity contribution in [2.24, 2.45) is 0 Å². The lowest BCUT2D eigenvalue weighted by Crippen LogP contribution is -2.40. The van der Waals surface area contributed by atoms with E-state index in [0.29, 0.717) is 6.54 Å². The van der Waals surface area contributed by atoms with Gasteiger partial charge in [0.1, 0.15) is 0 Å². The van der Waals surface area contributed by atoms with Gasteiger partial charge in [-0.2, -0.15) is 0 Å². The third-order valence-corrected chi connectivity index (χ3v) is 7.06. The molecular formula is C22H24N4OS2.